The molecule has 0 saturated carbocycles. The van der Waals surface area contributed by atoms with Gasteiger partial charge in [-0.15, -0.1) is 0 Å². The van der Waals surface area contributed by atoms with Crippen LogP contribution in [0.15, 0.2) is 71.6 Å². The Bertz CT molecular complexity index is 1120. The summed E-state index contributed by atoms with van der Waals surface area (Å²) in [6.45, 7) is 4.45. The topological polar surface area (TPSA) is 91.3 Å². The van der Waals surface area contributed by atoms with Gasteiger partial charge < -0.3 is 24.4 Å². The van der Waals surface area contributed by atoms with Gasteiger partial charge in [-0.1, -0.05) is 30.3 Å². The zero-order chi connectivity index (χ0) is 23.8. The van der Waals surface area contributed by atoms with Crippen molar-refractivity contribution in [2.24, 2.45) is 0 Å². The molecule has 0 unspecified atom stereocenters. The highest BCUT2D eigenvalue weighted by Crippen LogP contribution is 2.32. The lowest BCUT2D eigenvalue weighted by Crippen LogP contribution is -2.37. The molecule has 0 amide bonds. The van der Waals surface area contributed by atoms with Crippen LogP contribution in [-0.2, 0) is 9.47 Å². The Morgan fingerprint density at radius 1 is 1.00 bits per heavy atom. The minimum Gasteiger partial charge on any atom is -0.507 e. The number of para-hydroxylation sites is 1. The second-order valence-corrected chi connectivity index (χ2v) is 8.80. The van der Waals surface area contributed by atoms with E-state index < -0.39 is 5.97 Å². The molecular formula is C26H28N2O5S. The number of nitrogens with zero attached hydrogens (tertiary/aromatic N) is 1. The average Bonchev–Trinajstić information content (AvgIpc) is 2.86. The van der Waals surface area contributed by atoms with E-state index in [1.54, 1.807) is 24.3 Å². The van der Waals surface area contributed by atoms with Crippen molar-refractivity contribution < 1.29 is 24.5 Å². The number of ether oxygens (including phenoxy) is 2. The first-order valence-electron chi connectivity index (χ1n) is 11.2. The minimum atomic E-state index is -0.533. The normalized spacial score (nSPS) is 14.0. The van der Waals surface area contributed by atoms with Gasteiger partial charge in [0.05, 0.1) is 19.8 Å². The number of hydrogen-bond acceptors (Lipinski definition) is 8. The predicted molar refractivity (Wildman–Crippen MR) is 133 cm³/mol. The van der Waals surface area contributed by atoms with Gasteiger partial charge in [0.15, 0.2) is 0 Å². The Kier molecular flexibility index (Phi) is 8.30. The van der Waals surface area contributed by atoms with Crippen LogP contribution in [0.4, 0.5) is 5.69 Å². The fourth-order valence-electron chi connectivity index (χ4n) is 3.69. The Balaban J connectivity index is 1.29. The summed E-state index contributed by atoms with van der Waals surface area (Å²) in [6, 6.07) is 19.8. The molecule has 7 nitrogen and oxygen atoms in total. The lowest BCUT2D eigenvalue weighted by atomic mass is 10.1. The number of aromatic hydroxyl groups is 2. The fraction of sp³-hybridized carbons (Fsp3) is 0.269. The van der Waals surface area contributed by atoms with Crippen molar-refractivity contribution >= 4 is 23.6 Å². The third-order valence-electron chi connectivity index (χ3n) is 5.51. The molecule has 3 aromatic rings. The van der Waals surface area contributed by atoms with Crippen LogP contribution in [0.25, 0.3) is 11.1 Å². The molecule has 8 heteroatoms. The first-order valence-corrected chi connectivity index (χ1v) is 12.0. The van der Waals surface area contributed by atoms with E-state index in [-0.39, 0.29) is 17.1 Å². The highest BCUT2D eigenvalue weighted by molar-refractivity contribution is 8.00. The molecule has 3 N–H and O–H groups in total. The predicted octanol–water partition coefficient (Wildman–Crippen LogP) is 4.76. The van der Waals surface area contributed by atoms with Gasteiger partial charge in [-0.05, 0) is 54.3 Å². The molecule has 1 aliphatic heterocycles. The average molecular weight is 481 g/mol. The van der Waals surface area contributed by atoms with Crippen LogP contribution in [0, 0.1) is 0 Å². The molecule has 0 aromatic heterocycles. The minimum absolute atomic E-state index is 0.133. The summed E-state index contributed by atoms with van der Waals surface area (Å²) in [6.07, 6.45) is 0.739. The van der Waals surface area contributed by atoms with Gasteiger partial charge in [0.1, 0.15) is 17.1 Å². The SMILES string of the molecule is O=C(OCCCN1CCOCC1)c1ccc(NSc2cccc(-c3ccccc3O)c2)cc1O. The van der Waals surface area contributed by atoms with E-state index >= 15 is 0 Å². The summed E-state index contributed by atoms with van der Waals surface area (Å²) in [7, 11) is 0. The molecule has 1 saturated heterocycles. The molecule has 1 aliphatic rings. The zero-order valence-corrected chi connectivity index (χ0v) is 19.6. The van der Waals surface area contributed by atoms with E-state index in [0.717, 1.165) is 55.3 Å². The van der Waals surface area contributed by atoms with Crippen LogP contribution >= 0.6 is 11.9 Å². The van der Waals surface area contributed by atoms with Gasteiger partial charge >= 0.3 is 5.97 Å². The van der Waals surface area contributed by atoms with Crippen molar-refractivity contribution in [2.75, 3.05) is 44.2 Å². The van der Waals surface area contributed by atoms with Crippen molar-refractivity contribution in [1.82, 2.24) is 4.90 Å². The standard InChI is InChI=1S/C26H28N2O5S/c29-24-8-2-1-7-22(24)19-5-3-6-21(17-19)34-27-20-9-10-23(25(30)18-20)26(31)33-14-4-11-28-12-15-32-16-13-28/h1-3,5-10,17-18,27,29-30H,4,11-16H2. The molecular weight excluding hydrogens is 452 g/mol. The first kappa shape index (κ1) is 23.9. The van der Waals surface area contributed by atoms with E-state index in [9.17, 15) is 15.0 Å². The molecule has 178 valence electrons. The number of anilines is 1. The molecule has 0 atom stereocenters. The van der Waals surface area contributed by atoms with Gasteiger partial charge in [-0.2, -0.15) is 0 Å². The second-order valence-electron chi connectivity index (χ2n) is 7.92. The Hall–Kier alpha value is -3.20. The Labute approximate surface area is 203 Å². The fourth-order valence-corrected chi connectivity index (χ4v) is 4.38. The van der Waals surface area contributed by atoms with Crippen molar-refractivity contribution in [3.8, 4) is 22.6 Å². The third kappa shape index (κ3) is 6.44. The van der Waals surface area contributed by atoms with E-state index in [4.69, 9.17) is 9.47 Å². The third-order valence-corrected chi connectivity index (χ3v) is 6.34. The second kappa shape index (κ2) is 11.8. The number of carbonyl (C=O) groups is 1. The smallest absolute Gasteiger partial charge is 0.341 e. The largest absolute Gasteiger partial charge is 0.507 e. The number of nitrogens with one attached hydrogen (secondary N) is 1. The number of hydrogen-bond donors (Lipinski definition) is 3. The summed E-state index contributed by atoms with van der Waals surface area (Å²) in [5, 5.41) is 20.4. The highest BCUT2D eigenvalue weighted by Gasteiger charge is 2.14. The van der Waals surface area contributed by atoms with Gasteiger partial charge in [0.25, 0.3) is 0 Å². The Morgan fingerprint density at radius 3 is 2.62 bits per heavy atom. The molecule has 4 rings (SSSR count). The van der Waals surface area contributed by atoms with Gasteiger partial charge in [0, 0.05) is 41.8 Å². The monoisotopic (exact) mass is 480 g/mol. The maximum atomic E-state index is 12.3. The molecule has 0 radical (unpaired) electrons. The van der Waals surface area contributed by atoms with Crippen LogP contribution in [0.5, 0.6) is 11.5 Å². The number of phenols is 2. The van der Waals surface area contributed by atoms with Gasteiger partial charge in [0.2, 0.25) is 0 Å². The molecule has 0 aliphatic carbocycles. The first-order chi connectivity index (χ1) is 16.6. The van der Waals surface area contributed by atoms with Crippen LogP contribution in [0.3, 0.4) is 0 Å². The molecule has 0 spiro atoms. The maximum absolute atomic E-state index is 12.3. The summed E-state index contributed by atoms with van der Waals surface area (Å²) < 4.78 is 13.8. The molecule has 1 fully saturated rings. The number of phenolic OH excluding ortho intramolecular Hbond substituents is 2. The number of morpholine rings is 1. The Morgan fingerprint density at radius 2 is 1.82 bits per heavy atom. The number of benzene rings is 3. The molecule has 1 heterocycles. The summed E-state index contributed by atoms with van der Waals surface area (Å²) in [4.78, 5) is 15.6. The lowest BCUT2D eigenvalue weighted by Gasteiger charge is -2.26. The zero-order valence-electron chi connectivity index (χ0n) is 18.8. The van der Waals surface area contributed by atoms with E-state index in [1.165, 1.54) is 18.0 Å². The molecule has 0 bridgehead atoms. The lowest BCUT2D eigenvalue weighted by molar-refractivity contribution is 0.0297. The van der Waals surface area contributed by atoms with Crippen molar-refractivity contribution in [2.45, 2.75) is 11.3 Å². The van der Waals surface area contributed by atoms with Crippen molar-refractivity contribution in [3.05, 3.63) is 72.3 Å². The van der Waals surface area contributed by atoms with Crippen molar-refractivity contribution in [1.29, 1.82) is 0 Å². The van der Waals surface area contributed by atoms with E-state index in [1.807, 2.05) is 36.4 Å². The quantitative estimate of drug-likeness (QED) is 0.229. The van der Waals surface area contributed by atoms with Crippen molar-refractivity contribution in [3.63, 3.8) is 0 Å². The summed E-state index contributed by atoms with van der Waals surface area (Å²) in [5.41, 5.74) is 2.46. The number of rotatable bonds is 9. The van der Waals surface area contributed by atoms with E-state index in [0.29, 0.717) is 12.3 Å². The maximum Gasteiger partial charge on any atom is 0.341 e. The summed E-state index contributed by atoms with van der Waals surface area (Å²) in [5.74, 6) is -0.438. The number of carbonyl (C=O) groups excluding carboxylic acids is 1. The summed E-state index contributed by atoms with van der Waals surface area (Å²) >= 11 is 1.37. The molecule has 34 heavy (non-hydrogen) atoms. The van der Waals surface area contributed by atoms with Crippen LogP contribution in [0.1, 0.15) is 16.8 Å². The van der Waals surface area contributed by atoms with Crippen LogP contribution in [0.2, 0.25) is 0 Å². The van der Waals surface area contributed by atoms with Gasteiger partial charge in [-0.25, -0.2) is 4.79 Å². The van der Waals surface area contributed by atoms with Crippen LogP contribution < -0.4 is 4.72 Å². The molecule has 3 aromatic carbocycles. The van der Waals surface area contributed by atoms with Gasteiger partial charge in [-0.3, -0.25) is 4.90 Å². The number of esters is 1. The van der Waals surface area contributed by atoms with Crippen LogP contribution in [-0.4, -0.2) is 60.5 Å². The van der Waals surface area contributed by atoms with E-state index in [2.05, 4.69) is 9.62 Å². The highest BCUT2D eigenvalue weighted by atomic mass is 32.2.